The second-order valence-corrected chi connectivity index (χ2v) is 4.14. The molecule has 0 saturated carbocycles. The maximum absolute atomic E-state index is 5.56. The summed E-state index contributed by atoms with van der Waals surface area (Å²) in [6, 6.07) is 8.92. The van der Waals surface area contributed by atoms with Crippen LogP contribution in [0, 0.1) is 6.92 Å². The van der Waals surface area contributed by atoms with E-state index in [9.17, 15) is 0 Å². The number of unbranched alkanes of at least 4 members (excludes halogenated alkanes) is 1. The van der Waals surface area contributed by atoms with Gasteiger partial charge in [0, 0.05) is 6.04 Å². The van der Waals surface area contributed by atoms with E-state index in [1.165, 1.54) is 24.0 Å². The third kappa shape index (κ3) is 4.02. The van der Waals surface area contributed by atoms with Crippen LogP contribution in [0.1, 0.15) is 37.3 Å². The number of hydrogen-bond acceptors (Lipinski definition) is 2. The van der Waals surface area contributed by atoms with Crippen LogP contribution in [0.15, 0.2) is 24.3 Å². The number of hydrogen-bond donors (Lipinski definition) is 2. The molecule has 0 bridgehead atoms. The van der Waals surface area contributed by atoms with E-state index in [2.05, 4.69) is 43.5 Å². The van der Waals surface area contributed by atoms with Gasteiger partial charge in [-0.15, -0.1) is 0 Å². The normalized spacial score (nSPS) is 12.7. The van der Waals surface area contributed by atoms with Crippen molar-refractivity contribution in [2.45, 2.75) is 45.6 Å². The van der Waals surface area contributed by atoms with Crippen LogP contribution in [0.25, 0.3) is 0 Å². The first-order valence-corrected chi connectivity index (χ1v) is 5.78. The Balaban J connectivity index is 2.54. The molecule has 1 rings (SSSR count). The van der Waals surface area contributed by atoms with E-state index in [4.69, 9.17) is 5.84 Å². The van der Waals surface area contributed by atoms with Gasteiger partial charge in [-0.2, -0.15) is 0 Å². The van der Waals surface area contributed by atoms with Crippen molar-refractivity contribution in [1.82, 2.24) is 5.43 Å². The van der Waals surface area contributed by atoms with Crippen molar-refractivity contribution in [2.75, 3.05) is 0 Å². The van der Waals surface area contributed by atoms with Gasteiger partial charge in [0.05, 0.1) is 0 Å². The van der Waals surface area contributed by atoms with Gasteiger partial charge < -0.3 is 0 Å². The zero-order valence-electron chi connectivity index (χ0n) is 9.79. The maximum Gasteiger partial charge on any atom is 0.0251 e. The Labute approximate surface area is 92.8 Å². The molecule has 3 N–H and O–H groups in total. The highest BCUT2D eigenvalue weighted by Gasteiger charge is 2.08. The molecule has 1 aromatic rings. The summed E-state index contributed by atoms with van der Waals surface area (Å²) < 4.78 is 0. The summed E-state index contributed by atoms with van der Waals surface area (Å²) in [5.41, 5.74) is 5.67. The van der Waals surface area contributed by atoms with Gasteiger partial charge in [-0.05, 0) is 30.9 Å². The third-order valence-corrected chi connectivity index (χ3v) is 2.87. The van der Waals surface area contributed by atoms with E-state index in [0.29, 0.717) is 6.04 Å². The molecule has 0 spiro atoms. The molecule has 0 fully saturated rings. The molecule has 0 radical (unpaired) electrons. The fraction of sp³-hybridized carbons (Fsp3) is 0.538. The Morgan fingerprint density at radius 2 is 2.07 bits per heavy atom. The van der Waals surface area contributed by atoms with Crippen LogP contribution in [0.4, 0.5) is 0 Å². The predicted molar refractivity (Wildman–Crippen MR) is 65.5 cm³/mol. The van der Waals surface area contributed by atoms with Gasteiger partial charge in [-0.3, -0.25) is 11.3 Å². The number of nitrogens with two attached hydrogens (primary N) is 1. The molecule has 0 saturated heterocycles. The molecule has 1 unspecified atom stereocenters. The smallest absolute Gasteiger partial charge is 0.0251 e. The zero-order chi connectivity index (χ0) is 11.1. The fourth-order valence-corrected chi connectivity index (χ4v) is 1.80. The molecule has 2 heteroatoms. The molecule has 1 aromatic carbocycles. The SMILES string of the molecule is CCCCC(Cc1ccccc1C)NN. The Bertz CT molecular complexity index is 284. The second-order valence-electron chi connectivity index (χ2n) is 4.14. The highest BCUT2D eigenvalue weighted by molar-refractivity contribution is 5.26. The topological polar surface area (TPSA) is 38.0 Å². The van der Waals surface area contributed by atoms with Gasteiger partial charge >= 0.3 is 0 Å². The van der Waals surface area contributed by atoms with Crippen molar-refractivity contribution in [2.24, 2.45) is 5.84 Å². The molecular formula is C13H22N2. The molecule has 1 atom stereocenters. The lowest BCUT2D eigenvalue weighted by Crippen LogP contribution is -2.36. The van der Waals surface area contributed by atoms with Crippen LogP contribution >= 0.6 is 0 Å². The monoisotopic (exact) mass is 206 g/mol. The average molecular weight is 206 g/mol. The van der Waals surface area contributed by atoms with E-state index in [-0.39, 0.29) is 0 Å². The van der Waals surface area contributed by atoms with Crippen LogP contribution in [0.5, 0.6) is 0 Å². The van der Waals surface area contributed by atoms with Crippen molar-refractivity contribution in [3.8, 4) is 0 Å². The standard InChI is InChI=1S/C13H22N2/c1-3-4-9-13(15-14)10-12-8-6-5-7-11(12)2/h5-8,13,15H,3-4,9-10,14H2,1-2H3. The number of hydrazine groups is 1. The summed E-state index contributed by atoms with van der Waals surface area (Å²) in [5.74, 6) is 5.56. The van der Waals surface area contributed by atoms with Crippen LogP contribution in [-0.4, -0.2) is 6.04 Å². The van der Waals surface area contributed by atoms with E-state index in [1.807, 2.05) is 0 Å². The summed E-state index contributed by atoms with van der Waals surface area (Å²) in [4.78, 5) is 0. The van der Waals surface area contributed by atoms with E-state index in [0.717, 1.165) is 12.8 Å². The Morgan fingerprint density at radius 3 is 2.67 bits per heavy atom. The van der Waals surface area contributed by atoms with Gasteiger partial charge in [0.15, 0.2) is 0 Å². The Hall–Kier alpha value is -0.860. The van der Waals surface area contributed by atoms with Crippen LogP contribution in [0.3, 0.4) is 0 Å². The first-order valence-electron chi connectivity index (χ1n) is 5.78. The van der Waals surface area contributed by atoms with Gasteiger partial charge in [0.1, 0.15) is 0 Å². The summed E-state index contributed by atoms with van der Waals surface area (Å²) in [5, 5.41) is 0. The van der Waals surface area contributed by atoms with Crippen LogP contribution in [-0.2, 0) is 6.42 Å². The lowest BCUT2D eigenvalue weighted by atomic mass is 9.98. The van der Waals surface area contributed by atoms with Gasteiger partial charge in [0.2, 0.25) is 0 Å². The van der Waals surface area contributed by atoms with Gasteiger partial charge in [0.25, 0.3) is 0 Å². The molecule has 15 heavy (non-hydrogen) atoms. The third-order valence-electron chi connectivity index (χ3n) is 2.87. The summed E-state index contributed by atoms with van der Waals surface area (Å²) >= 11 is 0. The summed E-state index contributed by atoms with van der Waals surface area (Å²) in [7, 11) is 0. The number of nitrogens with one attached hydrogen (secondary N) is 1. The van der Waals surface area contributed by atoms with Crippen molar-refractivity contribution in [1.29, 1.82) is 0 Å². The maximum atomic E-state index is 5.56. The first-order chi connectivity index (χ1) is 7.27. The molecule has 0 aliphatic carbocycles. The molecule has 0 heterocycles. The molecular weight excluding hydrogens is 184 g/mol. The zero-order valence-corrected chi connectivity index (χ0v) is 9.79. The van der Waals surface area contributed by atoms with Crippen LogP contribution in [0.2, 0.25) is 0 Å². The highest BCUT2D eigenvalue weighted by atomic mass is 15.2. The fourth-order valence-electron chi connectivity index (χ4n) is 1.80. The minimum Gasteiger partial charge on any atom is -0.271 e. The lowest BCUT2D eigenvalue weighted by molar-refractivity contribution is 0.473. The summed E-state index contributed by atoms with van der Waals surface area (Å²) in [6.45, 7) is 4.37. The minimum absolute atomic E-state index is 0.408. The Morgan fingerprint density at radius 1 is 1.33 bits per heavy atom. The molecule has 84 valence electrons. The average Bonchev–Trinajstić information content (AvgIpc) is 2.26. The molecule has 2 nitrogen and oxygen atoms in total. The van der Waals surface area contributed by atoms with E-state index in [1.54, 1.807) is 0 Å². The summed E-state index contributed by atoms with van der Waals surface area (Å²) in [6.07, 6.45) is 4.65. The minimum atomic E-state index is 0.408. The first kappa shape index (κ1) is 12.2. The van der Waals surface area contributed by atoms with Crippen molar-refractivity contribution in [3.05, 3.63) is 35.4 Å². The molecule has 0 aromatic heterocycles. The number of benzene rings is 1. The number of rotatable bonds is 6. The molecule has 0 amide bonds. The van der Waals surface area contributed by atoms with E-state index < -0.39 is 0 Å². The van der Waals surface area contributed by atoms with Crippen molar-refractivity contribution in [3.63, 3.8) is 0 Å². The second kappa shape index (κ2) is 6.59. The quantitative estimate of drug-likeness (QED) is 0.554. The number of aryl methyl sites for hydroxylation is 1. The molecule has 0 aliphatic heterocycles. The van der Waals surface area contributed by atoms with E-state index >= 15 is 0 Å². The van der Waals surface area contributed by atoms with Crippen LogP contribution < -0.4 is 11.3 Å². The highest BCUT2D eigenvalue weighted by Crippen LogP contribution is 2.12. The molecule has 0 aliphatic rings. The van der Waals surface area contributed by atoms with Gasteiger partial charge in [-0.1, -0.05) is 44.0 Å². The largest absolute Gasteiger partial charge is 0.271 e. The Kier molecular flexibility index (Phi) is 5.37. The lowest BCUT2D eigenvalue weighted by Gasteiger charge is -2.16. The van der Waals surface area contributed by atoms with Crippen molar-refractivity contribution >= 4 is 0 Å². The van der Waals surface area contributed by atoms with Crippen molar-refractivity contribution < 1.29 is 0 Å². The van der Waals surface area contributed by atoms with Gasteiger partial charge in [-0.25, -0.2) is 0 Å². The predicted octanol–water partition coefficient (Wildman–Crippen LogP) is 2.56.